The van der Waals surface area contributed by atoms with Crippen molar-refractivity contribution < 1.29 is 0 Å². The van der Waals surface area contributed by atoms with Crippen molar-refractivity contribution in [2.75, 3.05) is 44.4 Å². The second kappa shape index (κ2) is 7.84. The average Bonchev–Trinajstić information content (AvgIpc) is 2.29. The number of aromatic nitrogens is 2. The molecule has 5 nitrogen and oxygen atoms in total. The Kier molecular flexibility index (Phi) is 6.32. The van der Waals surface area contributed by atoms with Gasteiger partial charge in [0.25, 0.3) is 0 Å². The fourth-order valence-electron chi connectivity index (χ4n) is 1.49. The van der Waals surface area contributed by atoms with Crippen LogP contribution in [-0.4, -0.2) is 48.6 Å². The predicted octanol–water partition coefficient (Wildman–Crippen LogP) is 1.66. The van der Waals surface area contributed by atoms with Crippen molar-refractivity contribution in [3.05, 3.63) is 12.4 Å². The van der Waals surface area contributed by atoms with E-state index in [2.05, 4.69) is 39.6 Å². The van der Waals surface area contributed by atoms with Crippen LogP contribution >= 0.6 is 0 Å². The molecule has 0 radical (unpaired) electrons. The van der Waals surface area contributed by atoms with E-state index in [0.29, 0.717) is 0 Å². The van der Waals surface area contributed by atoms with Crippen molar-refractivity contribution in [1.29, 1.82) is 0 Å². The first-order valence-corrected chi connectivity index (χ1v) is 6.17. The SMILES string of the molecule is CCNc1cncc(NCCCCN(C)C)n1. The van der Waals surface area contributed by atoms with Crippen molar-refractivity contribution in [3.8, 4) is 0 Å². The summed E-state index contributed by atoms with van der Waals surface area (Å²) in [6.45, 7) is 4.98. The van der Waals surface area contributed by atoms with Crippen LogP contribution in [0.1, 0.15) is 19.8 Å². The zero-order valence-corrected chi connectivity index (χ0v) is 11.0. The van der Waals surface area contributed by atoms with Crippen LogP contribution in [0, 0.1) is 0 Å². The van der Waals surface area contributed by atoms with Gasteiger partial charge in [0.15, 0.2) is 0 Å². The Morgan fingerprint density at radius 2 is 1.82 bits per heavy atom. The molecular formula is C12H23N5. The zero-order chi connectivity index (χ0) is 12.5. The molecule has 0 spiro atoms. The zero-order valence-electron chi connectivity index (χ0n) is 11.0. The molecule has 96 valence electrons. The third kappa shape index (κ3) is 6.06. The van der Waals surface area contributed by atoms with E-state index in [4.69, 9.17) is 0 Å². The summed E-state index contributed by atoms with van der Waals surface area (Å²) in [5.74, 6) is 1.67. The monoisotopic (exact) mass is 237 g/mol. The van der Waals surface area contributed by atoms with Gasteiger partial charge in [-0.1, -0.05) is 0 Å². The Bertz CT molecular complexity index is 314. The molecule has 5 heteroatoms. The van der Waals surface area contributed by atoms with Gasteiger partial charge >= 0.3 is 0 Å². The van der Waals surface area contributed by atoms with Crippen molar-refractivity contribution in [2.24, 2.45) is 0 Å². The van der Waals surface area contributed by atoms with E-state index >= 15 is 0 Å². The van der Waals surface area contributed by atoms with Crippen molar-refractivity contribution >= 4 is 11.6 Å². The molecule has 0 aliphatic rings. The highest BCUT2D eigenvalue weighted by molar-refractivity contribution is 5.41. The maximum atomic E-state index is 4.40. The molecule has 0 saturated carbocycles. The molecule has 0 aromatic carbocycles. The number of anilines is 2. The van der Waals surface area contributed by atoms with Gasteiger partial charge in [-0.15, -0.1) is 0 Å². The summed E-state index contributed by atoms with van der Waals surface area (Å²) in [6, 6.07) is 0. The van der Waals surface area contributed by atoms with E-state index in [1.807, 2.05) is 6.92 Å². The molecule has 0 fully saturated rings. The second-order valence-corrected chi connectivity index (χ2v) is 4.26. The summed E-state index contributed by atoms with van der Waals surface area (Å²) in [4.78, 5) is 10.7. The third-order valence-electron chi connectivity index (χ3n) is 2.33. The lowest BCUT2D eigenvalue weighted by Crippen LogP contribution is -2.14. The lowest BCUT2D eigenvalue weighted by Gasteiger charge is -2.10. The van der Waals surface area contributed by atoms with E-state index in [0.717, 1.165) is 37.7 Å². The number of hydrogen-bond donors (Lipinski definition) is 2. The number of unbranched alkanes of at least 4 members (excludes halogenated alkanes) is 1. The highest BCUT2D eigenvalue weighted by atomic mass is 15.1. The number of rotatable bonds is 8. The number of nitrogens with one attached hydrogen (secondary N) is 2. The van der Waals surface area contributed by atoms with Gasteiger partial charge in [0.2, 0.25) is 0 Å². The van der Waals surface area contributed by atoms with Gasteiger partial charge in [-0.05, 0) is 40.4 Å². The molecule has 1 rings (SSSR count). The van der Waals surface area contributed by atoms with Gasteiger partial charge in [0, 0.05) is 13.1 Å². The van der Waals surface area contributed by atoms with E-state index in [1.165, 1.54) is 6.42 Å². The van der Waals surface area contributed by atoms with Crippen LogP contribution in [0.4, 0.5) is 11.6 Å². The molecule has 1 aromatic rings. The summed E-state index contributed by atoms with van der Waals surface area (Å²) >= 11 is 0. The summed E-state index contributed by atoms with van der Waals surface area (Å²) in [6.07, 6.45) is 5.83. The highest BCUT2D eigenvalue weighted by Crippen LogP contribution is 2.06. The predicted molar refractivity (Wildman–Crippen MR) is 72.5 cm³/mol. The maximum Gasteiger partial charge on any atom is 0.146 e. The van der Waals surface area contributed by atoms with Crippen molar-refractivity contribution in [1.82, 2.24) is 14.9 Å². The van der Waals surface area contributed by atoms with Gasteiger partial charge in [-0.25, -0.2) is 4.98 Å². The number of nitrogens with zero attached hydrogens (tertiary/aromatic N) is 3. The molecule has 1 heterocycles. The van der Waals surface area contributed by atoms with Gasteiger partial charge in [0.05, 0.1) is 12.4 Å². The first-order valence-electron chi connectivity index (χ1n) is 6.17. The first kappa shape index (κ1) is 13.7. The second-order valence-electron chi connectivity index (χ2n) is 4.26. The lowest BCUT2D eigenvalue weighted by molar-refractivity contribution is 0.396. The molecular weight excluding hydrogens is 214 g/mol. The third-order valence-corrected chi connectivity index (χ3v) is 2.33. The largest absolute Gasteiger partial charge is 0.369 e. The normalized spacial score (nSPS) is 10.6. The molecule has 1 aromatic heterocycles. The molecule has 0 bridgehead atoms. The summed E-state index contributed by atoms with van der Waals surface area (Å²) in [7, 11) is 4.19. The molecule has 0 aliphatic carbocycles. The smallest absolute Gasteiger partial charge is 0.146 e. The van der Waals surface area contributed by atoms with Crippen LogP contribution in [0.5, 0.6) is 0 Å². The Labute approximate surface area is 104 Å². The molecule has 0 aliphatic heterocycles. The molecule has 2 N–H and O–H groups in total. The fourth-order valence-corrected chi connectivity index (χ4v) is 1.49. The van der Waals surface area contributed by atoms with Gasteiger partial charge in [-0.3, -0.25) is 4.98 Å². The van der Waals surface area contributed by atoms with Gasteiger partial charge < -0.3 is 15.5 Å². The lowest BCUT2D eigenvalue weighted by atomic mass is 10.3. The van der Waals surface area contributed by atoms with Crippen LogP contribution in [0.2, 0.25) is 0 Å². The van der Waals surface area contributed by atoms with E-state index < -0.39 is 0 Å². The minimum absolute atomic E-state index is 0.825. The summed E-state index contributed by atoms with van der Waals surface area (Å²) in [5, 5.41) is 6.43. The molecule has 0 unspecified atom stereocenters. The number of hydrogen-bond acceptors (Lipinski definition) is 5. The highest BCUT2D eigenvalue weighted by Gasteiger charge is 1.97. The standard InChI is InChI=1S/C12H23N5/c1-4-14-11-9-13-10-12(16-11)15-7-5-6-8-17(2)3/h9-10H,4-8H2,1-3H3,(H2,14,15,16). The fraction of sp³-hybridized carbons (Fsp3) is 0.667. The summed E-state index contributed by atoms with van der Waals surface area (Å²) < 4.78 is 0. The molecule has 17 heavy (non-hydrogen) atoms. The molecule has 0 amide bonds. The topological polar surface area (TPSA) is 53.1 Å². The van der Waals surface area contributed by atoms with E-state index in [9.17, 15) is 0 Å². The van der Waals surface area contributed by atoms with Crippen LogP contribution in [0.3, 0.4) is 0 Å². The summed E-state index contributed by atoms with van der Waals surface area (Å²) in [5.41, 5.74) is 0. The molecule has 0 atom stereocenters. The van der Waals surface area contributed by atoms with Crippen LogP contribution in [-0.2, 0) is 0 Å². The van der Waals surface area contributed by atoms with Gasteiger partial charge in [0.1, 0.15) is 11.6 Å². The van der Waals surface area contributed by atoms with E-state index in [-0.39, 0.29) is 0 Å². The van der Waals surface area contributed by atoms with E-state index in [1.54, 1.807) is 12.4 Å². The molecule has 0 saturated heterocycles. The Hall–Kier alpha value is -1.36. The Morgan fingerprint density at radius 1 is 1.12 bits per heavy atom. The average molecular weight is 237 g/mol. The maximum absolute atomic E-state index is 4.40. The minimum atomic E-state index is 0.825. The quantitative estimate of drug-likeness (QED) is 0.674. The Morgan fingerprint density at radius 3 is 2.47 bits per heavy atom. The Balaban J connectivity index is 2.24. The van der Waals surface area contributed by atoms with Crippen LogP contribution in [0.25, 0.3) is 0 Å². The van der Waals surface area contributed by atoms with Crippen molar-refractivity contribution in [3.63, 3.8) is 0 Å². The van der Waals surface area contributed by atoms with Gasteiger partial charge in [-0.2, -0.15) is 0 Å². The minimum Gasteiger partial charge on any atom is -0.369 e. The van der Waals surface area contributed by atoms with Crippen LogP contribution < -0.4 is 10.6 Å². The first-order chi connectivity index (χ1) is 8.22. The van der Waals surface area contributed by atoms with Crippen molar-refractivity contribution in [2.45, 2.75) is 19.8 Å². The van der Waals surface area contributed by atoms with Crippen LogP contribution in [0.15, 0.2) is 12.4 Å².